The fourth-order valence-electron chi connectivity index (χ4n) is 3.32. The van der Waals surface area contributed by atoms with E-state index in [-0.39, 0.29) is 11.2 Å². The lowest BCUT2D eigenvalue weighted by molar-refractivity contribution is -0.118. The van der Waals surface area contributed by atoms with Gasteiger partial charge in [0.25, 0.3) is 0 Å². The highest BCUT2D eigenvalue weighted by Crippen LogP contribution is 2.44. The zero-order valence-electron chi connectivity index (χ0n) is 13.3. The number of furan rings is 1. The van der Waals surface area contributed by atoms with E-state index in [0.717, 1.165) is 17.9 Å². The molecule has 120 valence electrons. The lowest BCUT2D eigenvalue weighted by Crippen LogP contribution is -2.31. The van der Waals surface area contributed by atoms with Crippen LogP contribution in [0.2, 0.25) is 0 Å². The lowest BCUT2D eigenvalue weighted by atomic mass is 9.74. The minimum absolute atomic E-state index is 0.103. The van der Waals surface area contributed by atoms with Crippen molar-refractivity contribution in [3.63, 3.8) is 0 Å². The van der Waals surface area contributed by atoms with E-state index in [1.807, 2.05) is 19.1 Å². The Balaban J connectivity index is 1.87. The summed E-state index contributed by atoms with van der Waals surface area (Å²) in [4.78, 5) is 12.8. The van der Waals surface area contributed by atoms with Gasteiger partial charge in [-0.05, 0) is 41.2 Å². The summed E-state index contributed by atoms with van der Waals surface area (Å²) in [5.41, 5.74) is 1.44. The number of rotatable bonds is 1. The Morgan fingerprint density at radius 3 is 2.74 bits per heavy atom. The number of carbonyl (C=O) groups is 1. The smallest absolute Gasteiger partial charge is 0.219 e. The average Bonchev–Trinajstić information content (AvgIpc) is 3.02. The molecule has 0 amide bonds. The Kier molecular flexibility index (Phi) is 2.88. The van der Waals surface area contributed by atoms with Crippen LogP contribution in [0.3, 0.4) is 0 Å². The van der Waals surface area contributed by atoms with E-state index in [0.29, 0.717) is 29.4 Å². The number of aromatic nitrogens is 2. The second-order valence-corrected chi connectivity index (χ2v) is 6.95. The predicted molar refractivity (Wildman–Crippen MR) is 82.8 cm³/mol. The van der Waals surface area contributed by atoms with Crippen molar-refractivity contribution in [3.05, 3.63) is 34.9 Å². The van der Waals surface area contributed by atoms with Gasteiger partial charge in [0, 0.05) is 17.7 Å². The quantitative estimate of drug-likeness (QED) is 0.834. The van der Waals surface area contributed by atoms with E-state index in [2.05, 4.69) is 34.8 Å². The summed E-state index contributed by atoms with van der Waals surface area (Å²) in [5.74, 6) is 2.55. The Bertz CT molecular complexity index is 815. The highest BCUT2D eigenvalue weighted by atomic mass is 16.6. The first-order valence-corrected chi connectivity index (χ1v) is 7.62. The molecule has 1 aliphatic carbocycles. The lowest BCUT2D eigenvalue weighted by Gasteiger charge is -2.33. The van der Waals surface area contributed by atoms with Gasteiger partial charge in [0.05, 0.1) is 0 Å². The highest BCUT2D eigenvalue weighted by molar-refractivity contribution is 6.00. The number of anilines is 2. The second kappa shape index (κ2) is 4.71. The van der Waals surface area contributed by atoms with Gasteiger partial charge in [-0.2, -0.15) is 0 Å². The average molecular weight is 314 g/mol. The molecule has 2 aromatic heterocycles. The summed E-state index contributed by atoms with van der Waals surface area (Å²) < 4.78 is 10.6. The fourth-order valence-corrected chi connectivity index (χ4v) is 3.32. The van der Waals surface area contributed by atoms with E-state index in [1.165, 1.54) is 0 Å². The first-order chi connectivity index (χ1) is 10.9. The van der Waals surface area contributed by atoms with Crippen LogP contribution in [0, 0.1) is 12.3 Å². The van der Waals surface area contributed by atoms with Gasteiger partial charge < -0.3 is 15.1 Å². The summed E-state index contributed by atoms with van der Waals surface area (Å²) in [6, 6.07) is 3.36. The minimum Gasteiger partial charge on any atom is -0.464 e. The van der Waals surface area contributed by atoms with Crippen LogP contribution in [0.1, 0.15) is 44.3 Å². The molecule has 7 heteroatoms. The molecule has 0 spiro atoms. The molecule has 0 saturated heterocycles. The molecule has 0 saturated carbocycles. The van der Waals surface area contributed by atoms with Gasteiger partial charge in [0.1, 0.15) is 17.6 Å². The first kappa shape index (κ1) is 14.0. The number of fused-ring (bicyclic) bond motifs is 1. The molecular formula is C16H18N4O3. The van der Waals surface area contributed by atoms with Crippen LogP contribution in [0.25, 0.3) is 0 Å². The van der Waals surface area contributed by atoms with Crippen molar-refractivity contribution in [3.8, 4) is 0 Å². The van der Waals surface area contributed by atoms with Gasteiger partial charge in [0.15, 0.2) is 5.78 Å². The molecule has 7 nitrogen and oxygen atoms in total. The molecule has 0 radical (unpaired) electrons. The molecule has 0 unspecified atom stereocenters. The third-order valence-corrected chi connectivity index (χ3v) is 4.29. The van der Waals surface area contributed by atoms with E-state index in [9.17, 15) is 4.79 Å². The van der Waals surface area contributed by atoms with Gasteiger partial charge in [-0.3, -0.25) is 4.79 Å². The van der Waals surface area contributed by atoms with E-state index in [1.54, 1.807) is 0 Å². The Morgan fingerprint density at radius 2 is 2.00 bits per heavy atom. The van der Waals surface area contributed by atoms with Crippen molar-refractivity contribution in [2.75, 3.05) is 10.6 Å². The molecule has 23 heavy (non-hydrogen) atoms. The van der Waals surface area contributed by atoms with Gasteiger partial charge in [-0.15, -0.1) is 0 Å². The van der Waals surface area contributed by atoms with Crippen LogP contribution >= 0.6 is 0 Å². The monoisotopic (exact) mass is 314 g/mol. The Hall–Kier alpha value is -2.57. The zero-order valence-corrected chi connectivity index (χ0v) is 13.3. The number of nitrogens with one attached hydrogen (secondary N) is 2. The normalized spacial score (nSPS) is 22.7. The van der Waals surface area contributed by atoms with Crippen LogP contribution in [0.15, 0.2) is 32.4 Å². The summed E-state index contributed by atoms with van der Waals surface area (Å²) in [6.45, 7) is 6.05. The largest absolute Gasteiger partial charge is 0.464 e. The van der Waals surface area contributed by atoms with Crippen LogP contribution in [0.4, 0.5) is 11.6 Å². The topological polar surface area (TPSA) is 93.2 Å². The van der Waals surface area contributed by atoms with E-state index >= 15 is 0 Å². The molecule has 0 fully saturated rings. The van der Waals surface area contributed by atoms with Crippen molar-refractivity contribution in [2.24, 2.45) is 5.41 Å². The van der Waals surface area contributed by atoms with Crippen LogP contribution in [0.5, 0.6) is 0 Å². The fraction of sp³-hybridized carbons (Fsp3) is 0.438. The Morgan fingerprint density at radius 1 is 1.22 bits per heavy atom. The third-order valence-electron chi connectivity index (χ3n) is 4.29. The molecule has 0 aromatic carbocycles. The summed E-state index contributed by atoms with van der Waals surface area (Å²) in [7, 11) is 0. The standard InChI is InChI=1S/C16H18N4O3/c1-8-4-5-11(22-8)13-12-9(6-16(2,3)7-10(12)21)17-14-15(18-13)20-23-19-14/h4-5,13H,6-7H2,1-3H3,(H,17,19)(H,18,20)/t13-/m1/s1. The maximum absolute atomic E-state index is 12.8. The predicted octanol–water partition coefficient (Wildman–Crippen LogP) is 3.19. The van der Waals surface area contributed by atoms with Crippen molar-refractivity contribution in [1.29, 1.82) is 0 Å². The van der Waals surface area contributed by atoms with Crippen molar-refractivity contribution >= 4 is 17.4 Å². The van der Waals surface area contributed by atoms with Gasteiger partial charge >= 0.3 is 0 Å². The molecule has 3 heterocycles. The minimum atomic E-state index is -0.400. The van der Waals surface area contributed by atoms with Gasteiger partial charge in [-0.1, -0.05) is 13.8 Å². The molecule has 2 N–H and O–H groups in total. The van der Waals surface area contributed by atoms with Crippen molar-refractivity contribution in [2.45, 2.75) is 39.7 Å². The van der Waals surface area contributed by atoms with Crippen LogP contribution in [-0.4, -0.2) is 16.1 Å². The number of Topliss-reactive ketones (excluding diaryl/α,β-unsaturated/α-hetero) is 1. The Labute approximate surface area is 133 Å². The molecule has 4 rings (SSSR count). The second-order valence-electron chi connectivity index (χ2n) is 6.95. The molecular weight excluding hydrogens is 296 g/mol. The summed E-state index contributed by atoms with van der Waals surface area (Å²) in [6.07, 6.45) is 1.25. The number of hydrogen-bond donors (Lipinski definition) is 2. The number of allylic oxidation sites excluding steroid dienone is 1. The molecule has 1 aliphatic heterocycles. The highest BCUT2D eigenvalue weighted by Gasteiger charge is 2.40. The zero-order chi connectivity index (χ0) is 16.2. The summed E-state index contributed by atoms with van der Waals surface area (Å²) >= 11 is 0. The van der Waals surface area contributed by atoms with E-state index in [4.69, 9.17) is 9.05 Å². The van der Waals surface area contributed by atoms with Crippen LogP contribution < -0.4 is 10.6 Å². The number of ketones is 1. The number of nitrogens with zero attached hydrogens (tertiary/aromatic N) is 2. The van der Waals surface area contributed by atoms with Crippen LogP contribution in [-0.2, 0) is 4.79 Å². The van der Waals surface area contributed by atoms with Crippen molar-refractivity contribution < 1.29 is 13.8 Å². The first-order valence-electron chi connectivity index (χ1n) is 7.62. The number of aryl methyl sites for hydroxylation is 1. The molecule has 2 aromatic rings. The molecule has 2 aliphatic rings. The maximum atomic E-state index is 12.8. The number of carbonyl (C=O) groups excluding carboxylic acids is 1. The SMILES string of the molecule is Cc1ccc([C@H]2Nc3nonc3NC3=C2C(=O)CC(C)(C)C3)o1. The third kappa shape index (κ3) is 2.32. The maximum Gasteiger partial charge on any atom is 0.219 e. The molecule has 0 bridgehead atoms. The van der Waals surface area contributed by atoms with E-state index < -0.39 is 6.04 Å². The molecule has 1 atom stereocenters. The number of hydrogen-bond acceptors (Lipinski definition) is 7. The van der Waals surface area contributed by atoms with Gasteiger partial charge in [0.2, 0.25) is 11.6 Å². The van der Waals surface area contributed by atoms with Gasteiger partial charge in [-0.25, -0.2) is 4.63 Å². The summed E-state index contributed by atoms with van der Waals surface area (Å²) in [5, 5.41) is 14.2. The van der Waals surface area contributed by atoms with Crippen molar-refractivity contribution in [1.82, 2.24) is 10.3 Å².